The van der Waals surface area contributed by atoms with Crippen molar-refractivity contribution >= 4 is 33.7 Å². The van der Waals surface area contributed by atoms with Crippen LogP contribution < -0.4 is 5.32 Å². The van der Waals surface area contributed by atoms with E-state index in [0.29, 0.717) is 38.5 Å². The van der Waals surface area contributed by atoms with Crippen LogP contribution in [0.4, 0.5) is 4.79 Å². The normalized spacial score (nSPS) is 14.7. The van der Waals surface area contributed by atoms with Gasteiger partial charge in [0.1, 0.15) is 11.3 Å². The monoisotopic (exact) mass is 365 g/mol. The molecule has 2 heterocycles. The van der Waals surface area contributed by atoms with E-state index in [4.69, 9.17) is 4.42 Å². The lowest BCUT2D eigenvalue weighted by atomic mass is 10.1. The summed E-state index contributed by atoms with van der Waals surface area (Å²) < 4.78 is 5.91. The van der Waals surface area contributed by atoms with Gasteiger partial charge in [0, 0.05) is 38.1 Å². The molecule has 6 nitrogen and oxygen atoms in total. The number of carbonyl (C=O) groups excluding carboxylic acids is 2. The van der Waals surface area contributed by atoms with Gasteiger partial charge >= 0.3 is 6.03 Å². The highest BCUT2D eigenvalue weighted by molar-refractivity contribution is 6.06. The van der Waals surface area contributed by atoms with Gasteiger partial charge in [0.2, 0.25) is 5.91 Å². The number of amides is 3. The summed E-state index contributed by atoms with van der Waals surface area (Å²) in [7, 11) is 0. The molecule has 27 heavy (non-hydrogen) atoms. The summed E-state index contributed by atoms with van der Waals surface area (Å²) in [5, 5.41) is 6.13. The maximum absolute atomic E-state index is 12.7. The summed E-state index contributed by atoms with van der Waals surface area (Å²) >= 11 is 0. The summed E-state index contributed by atoms with van der Waals surface area (Å²) in [6, 6.07) is 14.1. The molecule has 1 aliphatic heterocycles. The second-order valence-electron chi connectivity index (χ2n) is 6.79. The Morgan fingerprint density at radius 1 is 1.00 bits per heavy atom. The smallest absolute Gasteiger partial charge is 0.317 e. The minimum atomic E-state index is -0.0613. The Hall–Kier alpha value is -3.02. The molecular weight excluding hydrogens is 342 g/mol. The highest BCUT2D eigenvalue weighted by atomic mass is 16.3. The van der Waals surface area contributed by atoms with Gasteiger partial charge in [-0.05, 0) is 29.8 Å². The first-order chi connectivity index (χ1) is 13.2. The zero-order valence-electron chi connectivity index (χ0n) is 15.4. The van der Waals surface area contributed by atoms with Crippen molar-refractivity contribution in [1.82, 2.24) is 15.1 Å². The highest BCUT2D eigenvalue weighted by Gasteiger charge is 2.24. The fourth-order valence-corrected chi connectivity index (χ4v) is 3.62. The maximum Gasteiger partial charge on any atom is 0.317 e. The van der Waals surface area contributed by atoms with Crippen LogP contribution in [0, 0.1) is 0 Å². The van der Waals surface area contributed by atoms with E-state index in [9.17, 15) is 9.59 Å². The Labute approximate surface area is 157 Å². The van der Waals surface area contributed by atoms with Gasteiger partial charge in [0.25, 0.3) is 0 Å². The van der Waals surface area contributed by atoms with E-state index in [0.717, 1.165) is 21.7 Å². The molecular formula is C21H23N3O3. The number of hydrogen-bond acceptors (Lipinski definition) is 3. The van der Waals surface area contributed by atoms with E-state index in [2.05, 4.69) is 17.4 Å². The quantitative estimate of drug-likeness (QED) is 0.776. The molecule has 0 unspecified atom stereocenters. The molecule has 0 bridgehead atoms. The van der Waals surface area contributed by atoms with Crippen LogP contribution >= 0.6 is 0 Å². The third-order valence-electron chi connectivity index (χ3n) is 5.05. The van der Waals surface area contributed by atoms with Crippen LogP contribution in [0.1, 0.15) is 12.7 Å². The van der Waals surface area contributed by atoms with Crippen molar-refractivity contribution in [2.45, 2.75) is 13.3 Å². The summed E-state index contributed by atoms with van der Waals surface area (Å²) in [5.41, 5.74) is 0.803. The van der Waals surface area contributed by atoms with Crippen LogP contribution in [0.3, 0.4) is 0 Å². The average molecular weight is 365 g/mol. The van der Waals surface area contributed by atoms with Crippen LogP contribution in [0.25, 0.3) is 21.7 Å². The number of hydrogen-bond donors (Lipinski definition) is 1. The van der Waals surface area contributed by atoms with Crippen LogP contribution in [-0.4, -0.2) is 54.5 Å². The zero-order valence-corrected chi connectivity index (χ0v) is 15.4. The molecule has 4 rings (SSSR count). The zero-order chi connectivity index (χ0) is 18.8. The highest BCUT2D eigenvalue weighted by Crippen LogP contribution is 2.28. The maximum atomic E-state index is 12.7. The van der Waals surface area contributed by atoms with Crippen LogP contribution in [-0.2, 0) is 11.2 Å². The topological polar surface area (TPSA) is 65.8 Å². The minimum Gasteiger partial charge on any atom is -0.461 e. The predicted molar refractivity (Wildman–Crippen MR) is 105 cm³/mol. The Morgan fingerprint density at radius 3 is 2.52 bits per heavy atom. The third kappa shape index (κ3) is 3.47. The molecule has 6 heteroatoms. The molecule has 0 aliphatic carbocycles. The molecule has 1 fully saturated rings. The van der Waals surface area contributed by atoms with Gasteiger partial charge in [0.15, 0.2) is 0 Å². The van der Waals surface area contributed by atoms with E-state index >= 15 is 0 Å². The Kier molecular flexibility index (Phi) is 4.71. The number of nitrogens with zero attached hydrogens (tertiary/aromatic N) is 2. The Balaban J connectivity index is 1.44. The number of urea groups is 1. The van der Waals surface area contributed by atoms with E-state index in [-0.39, 0.29) is 18.4 Å². The summed E-state index contributed by atoms with van der Waals surface area (Å²) in [6.45, 7) is 4.73. The summed E-state index contributed by atoms with van der Waals surface area (Å²) in [5.74, 6) is 0.714. The molecule has 0 atom stereocenters. The van der Waals surface area contributed by atoms with Crippen molar-refractivity contribution in [3.8, 4) is 0 Å². The van der Waals surface area contributed by atoms with Crippen LogP contribution in [0.2, 0.25) is 0 Å². The van der Waals surface area contributed by atoms with Crippen molar-refractivity contribution in [2.24, 2.45) is 0 Å². The molecule has 0 saturated carbocycles. The van der Waals surface area contributed by atoms with Gasteiger partial charge in [-0.15, -0.1) is 0 Å². The molecule has 140 valence electrons. The SMILES string of the molecule is CCNC(=O)N1CCN(C(=O)Cc2cc3c(ccc4ccccc43)o2)CC1. The van der Waals surface area contributed by atoms with E-state index in [1.54, 1.807) is 9.80 Å². The fraction of sp³-hybridized carbons (Fsp3) is 0.333. The van der Waals surface area contributed by atoms with Crippen molar-refractivity contribution in [2.75, 3.05) is 32.7 Å². The first kappa shape index (κ1) is 17.4. The van der Waals surface area contributed by atoms with Crippen LogP contribution in [0.5, 0.6) is 0 Å². The van der Waals surface area contributed by atoms with E-state index in [1.807, 2.05) is 37.3 Å². The van der Waals surface area contributed by atoms with Crippen molar-refractivity contribution in [3.63, 3.8) is 0 Å². The lowest BCUT2D eigenvalue weighted by Gasteiger charge is -2.34. The molecule has 0 spiro atoms. The Bertz CT molecular complexity index is 987. The van der Waals surface area contributed by atoms with Crippen molar-refractivity contribution < 1.29 is 14.0 Å². The van der Waals surface area contributed by atoms with Crippen LogP contribution in [0.15, 0.2) is 46.9 Å². The number of fused-ring (bicyclic) bond motifs is 3. The van der Waals surface area contributed by atoms with Gasteiger partial charge < -0.3 is 19.5 Å². The van der Waals surface area contributed by atoms with Gasteiger partial charge in [0.05, 0.1) is 6.42 Å². The molecule has 3 amide bonds. The van der Waals surface area contributed by atoms with Gasteiger partial charge in [-0.1, -0.05) is 30.3 Å². The fourth-order valence-electron chi connectivity index (χ4n) is 3.62. The predicted octanol–water partition coefficient (Wildman–Crippen LogP) is 3.00. The minimum absolute atomic E-state index is 0.0360. The first-order valence-corrected chi connectivity index (χ1v) is 9.36. The van der Waals surface area contributed by atoms with E-state index < -0.39 is 0 Å². The molecule has 2 aromatic carbocycles. The molecule has 3 aromatic rings. The standard InChI is InChI=1S/C21H23N3O3/c1-2-22-21(26)24-11-9-23(10-12-24)20(25)14-16-13-18-17-6-4-3-5-15(17)7-8-19(18)27-16/h3-8,13H,2,9-12,14H2,1H3,(H,22,26). The second kappa shape index (κ2) is 7.31. The molecule has 1 aromatic heterocycles. The third-order valence-corrected chi connectivity index (χ3v) is 5.05. The second-order valence-corrected chi connectivity index (χ2v) is 6.79. The number of carbonyl (C=O) groups is 2. The Morgan fingerprint density at radius 2 is 1.74 bits per heavy atom. The molecule has 1 N–H and O–H groups in total. The number of nitrogens with one attached hydrogen (secondary N) is 1. The first-order valence-electron chi connectivity index (χ1n) is 9.36. The lowest BCUT2D eigenvalue weighted by molar-refractivity contribution is -0.132. The number of rotatable bonds is 3. The van der Waals surface area contributed by atoms with Gasteiger partial charge in [-0.3, -0.25) is 4.79 Å². The number of furan rings is 1. The molecule has 0 radical (unpaired) electrons. The van der Waals surface area contributed by atoms with Crippen molar-refractivity contribution in [3.05, 3.63) is 48.2 Å². The lowest BCUT2D eigenvalue weighted by Crippen LogP contribution is -2.53. The number of benzene rings is 2. The molecule has 1 saturated heterocycles. The summed E-state index contributed by atoms with van der Waals surface area (Å²) in [6.07, 6.45) is 0.240. The largest absolute Gasteiger partial charge is 0.461 e. The average Bonchev–Trinajstić information content (AvgIpc) is 3.11. The van der Waals surface area contributed by atoms with Crippen molar-refractivity contribution in [1.29, 1.82) is 0 Å². The molecule has 1 aliphatic rings. The number of piperazine rings is 1. The van der Waals surface area contributed by atoms with E-state index in [1.165, 1.54) is 0 Å². The van der Waals surface area contributed by atoms with Gasteiger partial charge in [-0.25, -0.2) is 4.79 Å². The van der Waals surface area contributed by atoms with Gasteiger partial charge in [-0.2, -0.15) is 0 Å². The summed E-state index contributed by atoms with van der Waals surface area (Å²) in [4.78, 5) is 28.1.